The fourth-order valence-corrected chi connectivity index (χ4v) is 2.93. The second-order valence-electron chi connectivity index (χ2n) is 5.92. The summed E-state index contributed by atoms with van der Waals surface area (Å²) in [5.41, 5.74) is 3.23. The summed E-state index contributed by atoms with van der Waals surface area (Å²) >= 11 is 0. The summed E-state index contributed by atoms with van der Waals surface area (Å²) < 4.78 is 0. The molecule has 27 heavy (non-hydrogen) atoms. The lowest BCUT2D eigenvalue weighted by Gasteiger charge is -2.11. The number of rotatable bonds is 4. The molecule has 0 radical (unpaired) electrons. The predicted octanol–water partition coefficient (Wildman–Crippen LogP) is 4.12. The Morgan fingerprint density at radius 3 is 1.96 bits per heavy atom. The zero-order valence-electron chi connectivity index (χ0n) is 14.3. The Bertz CT molecular complexity index is 1140. The van der Waals surface area contributed by atoms with Crippen LogP contribution in [0.2, 0.25) is 0 Å². The van der Waals surface area contributed by atoms with Crippen LogP contribution in [-0.4, -0.2) is 5.78 Å². The third-order valence-electron chi connectivity index (χ3n) is 4.28. The minimum atomic E-state index is -0.0983. The van der Waals surface area contributed by atoms with Gasteiger partial charge in [-0.2, -0.15) is 15.8 Å². The maximum Gasteiger partial charge on any atom is 0.193 e. The number of hydrogen-bond donors (Lipinski definition) is 0. The minimum absolute atomic E-state index is 0.0983. The Hall–Kier alpha value is -4.20. The molecule has 4 nitrogen and oxygen atoms in total. The van der Waals surface area contributed by atoms with Crippen LogP contribution in [0.3, 0.4) is 0 Å². The molecular formula is C23H13N3O. The Morgan fingerprint density at radius 1 is 0.704 bits per heavy atom. The van der Waals surface area contributed by atoms with Gasteiger partial charge in [-0.3, -0.25) is 4.79 Å². The number of nitrogens with zero attached hydrogens (tertiary/aromatic N) is 3. The molecule has 0 spiro atoms. The Kier molecular flexibility index (Phi) is 5.08. The van der Waals surface area contributed by atoms with E-state index in [4.69, 9.17) is 5.26 Å². The summed E-state index contributed by atoms with van der Waals surface area (Å²) in [4.78, 5) is 12.9. The molecule has 0 unspecified atom stereocenters. The Balaban J connectivity index is 2.06. The Labute approximate surface area is 157 Å². The van der Waals surface area contributed by atoms with Crippen molar-refractivity contribution in [2.45, 2.75) is 6.42 Å². The van der Waals surface area contributed by atoms with E-state index in [0.717, 1.165) is 5.56 Å². The molecule has 0 aliphatic heterocycles. The maximum atomic E-state index is 12.9. The lowest BCUT2D eigenvalue weighted by atomic mass is 9.91. The molecule has 0 heterocycles. The molecule has 0 aliphatic rings. The molecule has 3 aromatic rings. The summed E-state index contributed by atoms with van der Waals surface area (Å²) in [7, 11) is 0. The van der Waals surface area contributed by atoms with E-state index in [1.807, 2.05) is 42.5 Å². The third kappa shape index (κ3) is 3.59. The molecule has 0 saturated carbocycles. The summed E-state index contributed by atoms with van der Waals surface area (Å²) in [6, 6.07) is 25.2. The van der Waals surface area contributed by atoms with Gasteiger partial charge in [-0.25, -0.2) is 0 Å². The first-order valence-corrected chi connectivity index (χ1v) is 8.22. The van der Waals surface area contributed by atoms with Crippen LogP contribution < -0.4 is 0 Å². The predicted molar refractivity (Wildman–Crippen MR) is 99.7 cm³/mol. The molecule has 0 aromatic heterocycles. The van der Waals surface area contributed by atoms with Crippen LogP contribution in [0.15, 0.2) is 66.7 Å². The van der Waals surface area contributed by atoms with Gasteiger partial charge in [0.1, 0.15) is 12.1 Å². The van der Waals surface area contributed by atoms with E-state index < -0.39 is 0 Å². The molecule has 126 valence electrons. The van der Waals surface area contributed by atoms with Gasteiger partial charge in [-0.15, -0.1) is 0 Å². The fraction of sp³-hybridized carbons (Fsp3) is 0.0435. The SMILES string of the molecule is N#Cc1cc(C#N)c(Cc2ccccc2C(=O)c2ccccc2)cc1C#N. The number of hydrogen-bond acceptors (Lipinski definition) is 4. The van der Waals surface area contributed by atoms with Gasteiger partial charge in [-0.05, 0) is 29.7 Å². The number of benzene rings is 3. The first-order valence-electron chi connectivity index (χ1n) is 8.22. The van der Waals surface area contributed by atoms with Gasteiger partial charge >= 0.3 is 0 Å². The zero-order chi connectivity index (χ0) is 19.2. The molecule has 3 rings (SSSR count). The zero-order valence-corrected chi connectivity index (χ0v) is 14.3. The minimum Gasteiger partial charge on any atom is -0.289 e. The van der Waals surface area contributed by atoms with Crippen molar-refractivity contribution < 1.29 is 4.79 Å². The molecule has 0 bridgehead atoms. The van der Waals surface area contributed by atoms with Crippen molar-refractivity contribution in [2.24, 2.45) is 0 Å². The molecule has 4 heteroatoms. The van der Waals surface area contributed by atoms with Crippen LogP contribution in [0.4, 0.5) is 0 Å². The fourth-order valence-electron chi connectivity index (χ4n) is 2.93. The van der Waals surface area contributed by atoms with Crippen molar-refractivity contribution in [2.75, 3.05) is 0 Å². The van der Waals surface area contributed by atoms with Gasteiger partial charge in [0.15, 0.2) is 5.78 Å². The van der Waals surface area contributed by atoms with Gasteiger partial charge in [0, 0.05) is 11.1 Å². The quantitative estimate of drug-likeness (QED) is 0.664. The van der Waals surface area contributed by atoms with Crippen LogP contribution in [-0.2, 0) is 6.42 Å². The normalized spacial score (nSPS) is 9.67. The number of nitriles is 3. The van der Waals surface area contributed by atoms with Crippen molar-refractivity contribution in [3.63, 3.8) is 0 Å². The van der Waals surface area contributed by atoms with Crippen molar-refractivity contribution in [1.29, 1.82) is 15.8 Å². The molecule has 0 saturated heterocycles. The van der Waals surface area contributed by atoms with E-state index in [2.05, 4.69) is 6.07 Å². The first kappa shape index (κ1) is 17.6. The van der Waals surface area contributed by atoms with E-state index in [9.17, 15) is 15.3 Å². The van der Waals surface area contributed by atoms with Gasteiger partial charge in [0.05, 0.1) is 22.8 Å². The molecule has 0 fully saturated rings. The van der Waals surface area contributed by atoms with Crippen LogP contribution >= 0.6 is 0 Å². The van der Waals surface area contributed by atoms with Crippen LogP contribution in [0.1, 0.15) is 43.7 Å². The van der Waals surface area contributed by atoms with E-state index in [-0.39, 0.29) is 16.9 Å². The van der Waals surface area contributed by atoms with E-state index in [1.165, 1.54) is 6.07 Å². The molecule has 0 N–H and O–H groups in total. The Morgan fingerprint density at radius 2 is 1.30 bits per heavy atom. The van der Waals surface area contributed by atoms with Gasteiger partial charge < -0.3 is 0 Å². The highest BCUT2D eigenvalue weighted by molar-refractivity contribution is 6.09. The molecule has 3 aromatic carbocycles. The second kappa shape index (κ2) is 7.79. The standard InChI is InChI=1S/C23H13N3O/c24-13-19-12-21(15-26)20(14-25)11-18(19)10-17-8-4-5-9-22(17)23(27)16-6-2-1-3-7-16/h1-9,11-12H,10H2. The van der Waals surface area contributed by atoms with E-state index in [1.54, 1.807) is 30.3 Å². The van der Waals surface area contributed by atoms with Crippen LogP contribution in [0.5, 0.6) is 0 Å². The topological polar surface area (TPSA) is 88.4 Å². The van der Waals surface area contributed by atoms with Gasteiger partial charge in [-0.1, -0.05) is 54.6 Å². The highest BCUT2D eigenvalue weighted by Gasteiger charge is 2.16. The first-order chi connectivity index (χ1) is 13.2. The van der Waals surface area contributed by atoms with Crippen molar-refractivity contribution in [1.82, 2.24) is 0 Å². The molecule has 0 amide bonds. The molecule has 0 atom stereocenters. The lowest BCUT2D eigenvalue weighted by molar-refractivity contribution is 0.103. The summed E-state index contributed by atoms with van der Waals surface area (Å²) in [6.07, 6.45) is 0.317. The summed E-state index contributed by atoms with van der Waals surface area (Å²) in [5, 5.41) is 27.8. The average molecular weight is 347 g/mol. The van der Waals surface area contributed by atoms with Gasteiger partial charge in [0.25, 0.3) is 0 Å². The van der Waals surface area contributed by atoms with E-state index >= 15 is 0 Å². The summed E-state index contributed by atoms with van der Waals surface area (Å²) in [5.74, 6) is -0.0983. The average Bonchev–Trinajstić information content (AvgIpc) is 2.73. The summed E-state index contributed by atoms with van der Waals surface area (Å²) in [6.45, 7) is 0. The second-order valence-corrected chi connectivity index (χ2v) is 5.92. The van der Waals surface area contributed by atoms with E-state index in [0.29, 0.717) is 28.7 Å². The van der Waals surface area contributed by atoms with Crippen LogP contribution in [0.25, 0.3) is 0 Å². The molecular weight excluding hydrogens is 334 g/mol. The van der Waals surface area contributed by atoms with Crippen LogP contribution in [0, 0.1) is 34.0 Å². The largest absolute Gasteiger partial charge is 0.289 e. The molecule has 0 aliphatic carbocycles. The maximum absolute atomic E-state index is 12.9. The number of carbonyl (C=O) groups is 1. The van der Waals surface area contributed by atoms with Gasteiger partial charge in [0.2, 0.25) is 0 Å². The monoisotopic (exact) mass is 347 g/mol. The highest BCUT2D eigenvalue weighted by Crippen LogP contribution is 2.22. The third-order valence-corrected chi connectivity index (χ3v) is 4.28. The highest BCUT2D eigenvalue weighted by atomic mass is 16.1. The van der Waals surface area contributed by atoms with Crippen molar-refractivity contribution in [3.8, 4) is 18.2 Å². The lowest BCUT2D eigenvalue weighted by Crippen LogP contribution is -2.07. The van der Waals surface area contributed by atoms with Crippen molar-refractivity contribution in [3.05, 3.63) is 106 Å². The van der Waals surface area contributed by atoms with Crippen molar-refractivity contribution >= 4 is 5.78 Å². The smallest absolute Gasteiger partial charge is 0.193 e. The number of carbonyl (C=O) groups excluding carboxylic acids is 1. The number of ketones is 1.